The van der Waals surface area contributed by atoms with Gasteiger partial charge in [-0.25, -0.2) is 4.79 Å². The van der Waals surface area contributed by atoms with Gasteiger partial charge in [-0.1, -0.05) is 28.9 Å². The van der Waals surface area contributed by atoms with Gasteiger partial charge in [0.25, 0.3) is 5.91 Å². The molecule has 1 aromatic carbocycles. The zero-order valence-electron chi connectivity index (χ0n) is 12.5. The predicted octanol–water partition coefficient (Wildman–Crippen LogP) is 2.21. The molecule has 2 rings (SSSR count). The van der Waals surface area contributed by atoms with Gasteiger partial charge in [-0.05, 0) is 19.1 Å². The number of carboxylic acids is 1. The Kier molecular flexibility index (Phi) is 5.02. The fourth-order valence-corrected chi connectivity index (χ4v) is 2.15. The van der Waals surface area contributed by atoms with E-state index in [0.717, 1.165) is 0 Å². The lowest BCUT2D eigenvalue weighted by Crippen LogP contribution is -2.55. The molecule has 23 heavy (non-hydrogen) atoms. The van der Waals surface area contributed by atoms with Crippen molar-refractivity contribution in [2.24, 2.45) is 0 Å². The first-order chi connectivity index (χ1) is 10.9. The highest BCUT2D eigenvalue weighted by atomic mass is 35.5. The molecule has 0 radical (unpaired) electrons. The number of carbonyl (C=O) groups excluding carboxylic acids is 1. The summed E-state index contributed by atoms with van der Waals surface area (Å²) in [5.74, 6) is -1.60. The number of rotatable bonds is 6. The molecule has 1 unspecified atom stereocenters. The molecule has 122 valence electrons. The molecule has 0 bridgehead atoms. The molecule has 1 aromatic heterocycles. The molecule has 1 atom stereocenters. The highest BCUT2D eigenvalue weighted by molar-refractivity contribution is 6.33. The van der Waals surface area contributed by atoms with Crippen molar-refractivity contribution in [3.8, 4) is 11.3 Å². The first kappa shape index (κ1) is 17.0. The van der Waals surface area contributed by atoms with Crippen LogP contribution in [0.15, 0.2) is 34.9 Å². The highest BCUT2D eigenvalue weighted by Crippen LogP contribution is 2.28. The monoisotopic (exact) mass is 338 g/mol. The number of nitrogens with zero attached hydrogens (tertiary/aromatic N) is 1. The fraction of sp³-hybridized carbons (Fsp3) is 0.267. The largest absolute Gasteiger partial charge is 0.479 e. The summed E-state index contributed by atoms with van der Waals surface area (Å²) in [5.41, 5.74) is -1.04. The molecule has 0 spiro atoms. The van der Waals surface area contributed by atoms with Crippen LogP contribution in [0.4, 0.5) is 0 Å². The SMILES string of the molecule is COCC(C)(NC(=O)c1cc(-c2ccccc2Cl)on1)C(=O)O. The van der Waals surface area contributed by atoms with E-state index in [2.05, 4.69) is 10.5 Å². The van der Waals surface area contributed by atoms with E-state index in [4.69, 9.17) is 20.9 Å². The minimum Gasteiger partial charge on any atom is -0.479 e. The minimum atomic E-state index is -1.57. The van der Waals surface area contributed by atoms with Crippen LogP contribution in [0.25, 0.3) is 11.3 Å². The van der Waals surface area contributed by atoms with E-state index in [1.807, 2.05) is 0 Å². The van der Waals surface area contributed by atoms with Gasteiger partial charge < -0.3 is 19.7 Å². The lowest BCUT2D eigenvalue weighted by atomic mass is 10.0. The van der Waals surface area contributed by atoms with Gasteiger partial charge in [0.2, 0.25) is 0 Å². The third kappa shape index (κ3) is 3.69. The average molecular weight is 339 g/mol. The Balaban J connectivity index is 2.22. The number of aliphatic carboxylic acids is 1. The zero-order valence-corrected chi connectivity index (χ0v) is 13.3. The number of halogens is 1. The minimum absolute atomic E-state index is 0.0523. The number of nitrogens with one attached hydrogen (secondary N) is 1. The van der Waals surface area contributed by atoms with Crippen LogP contribution in [0.2, 0.25) is 5.02 Å². The van der Waals surface area contributed by atoms with Crippen molar-refractivity contribution in [2.75, 3.05) is 13.7 Å². The van der Waals surface area contributed by atoms with Crippen LogP contribution in [-0.4, -0.2) is 41.4 Å². The van der Waals surface area contributed by atoms with Crippen molar-refractivity contribution < 1.29 is 24.0 Å². The van der Waals surface area contributed by atoms with E-state index in [0.29, 0.717) is 16.3 Å². The van der Waals surface area contributed by atoms with Crippen molar-refractivity contribution in [1.82, 2.24) is 10.5 Å². The molecular weight excluding hydrogens is 324 g/mol. The van der Waals surface area contributed by atoms with Gasteiger partial charge in [-0.2, -0.15) is 0 Å². The normalized spacial score (nSPS) is 13.3. The van der Waals surface area contributed by atoms with Crippen LogP contribution in [-0.2, 0) is 9.53 Å². The van der Waals surface area contributed by atoms with Crippen LogP contribution in [0, 0.1) is 0 Å². The summed E-state index contributed by atoms with van der Waals surface area (Å²) >= 11 is 6.05. The zero-order chi connectivity index (χ0) is 17.0. The Morgan fingerprint density at radius 1 is 1.43 bits per heavy atom. The van der Waals surface area contributed by atoms with Crippen LogP contribution in [0.5, 0.6) is 0 Å². The van der Waals surface area contributed by atoms with Gasteiger partial charge in [0.05, 0.1) is 11.6 Å². The molecule has 0 saturated carbocycles. The number of aromatic nitrogens is 1. The molecule has 0 aliphatic carbocycles. The van der Waals surface area contributed by atoms with E-state index in [-0.39, 0.29) is 12.3 Å². The first-order valence-corrected chi connectivity index (χ1v) is 7.01. The molecule has 0 fully saturated rings. The smallest absolute Gasteiger partial charge is 0.331 e. The van der Waals surface area contributed by atoms with Gasteiger partial charge in [0.15, 0.2) is 17.0 Å². The van der Waals surface area contributed by atoms with Gasteiger partial charge >= 0.3 is 5.97 Å². The Morgan fingerprint density at radius 2 is 2.13 bits per heavy atom. The number of hydrogen-bond donors (Lipinski definition) is 2. The molecule has 7 nitrogen and oxygen atoms in total. The second kappa shape index (κ2) is 6.80. The number of benzene rings is 1. The third-order valence-corrected chi connectivity index (χ3v) is 3.51. The number of amides is 1. The van der Waals surface area contributed by atoms with Gasteiger partial charge in [-0.15, -0.1) is 0 Å². The number of ether oxygens (including phenoxy) is 1. The Morgan fingerprint density at radius 3 is 2.74 bits per heavy atom. The van der Waals surface area contributed by atoms with E-state index < -0.39 is 17.4 Å². The molecule has 1 amide bonds. The van der Waals surface area contributed by atoms with E-state index in [1.54, 1.807) is 24.3 Å². The van der Waals surface area contributed by atoms with E-state index in [1.165, 1.54) is 20.1 Å². The van der Waals surface area contributed by atoms with Crippen molar-refractivity contribution in [3.63, 3.8) is 0 Å². The summed E-state index contributed by atoms with van der Waals surface area (Å²) < 4.78 is 9.95. The summed E-state index contributed by atoms with van der Waals surface area (Å²) in [7, 11) is 1.35. The Bertz CT molecular complexity index is 730. The topological polar surface area (TPSA) is 102 Å². The fourth-order valence-electron chi connectivity index (χ4n) is 1.92. The molecule has 8 heteroatoms. The maximum absolute atomic E-state index is 12.2. The number of hydrogen-bond acceptors (Lipinski definition) is 5. The molecule has 0 aliphatic rings. The first-order valence-electron chi connectivity index (χ1n) is 6.64. The summed E-state index contributed by atoms with van der Waals surface area (Å²) in [6.45, 7) is 1.15. The van der Waals surface area contributed by atoms with Crippen molar-refractivity contribution in [1.29, 1.82) is 0 Å². The summed E-state index contributed by atoms with van der Waals surface area (Å²) in [4.78, 5) is 23.5. The molecule has 1 heterocycles. The summed E-state index contributed by atoms with van der Waals surface area (Å²) in [5, 5.41) is 15.7. The van der Waals surface area contributed by atoms with Crippen molar-refractivity contribution in [3.05, 3.63) is 41.0 Å². The predicted molar refractivity (Wildman–Crippen MR) is 82.3 cm³/mol. The van der Waals surface area contributed by atoms with Gasteiger partial charge in [0, 0.05) is 18.7 Å². The lowest BCUT2D eigenvalue weighted by molar-refractivity contribution is -0.145. The Hall–Kier alpha value is -2.38. The molecule has 0 aliphatic heterocycles. The standard InChI is InChI=1S/C15H15ClN2O5/c1-15(8-22-2,14(20)21)17-13(19)11-7-12(23-18-11)9-5-3-4-6-10(9)16/h3-7H,8H2,1-2H3,(H,17,19)(H,20,21). The maximum Gasteiger partial charge on any atom is 0.331 e. The number of methoxy groups -OCH3 is 1. The number of carbonyl (C=O) groups is 2. The molecular formula is C15H15ClN2O5. The average Bonchev–Trinajstić information content (AvgIpc) is 2.97. The van der Waals surface area contributed by atoms with E-state index in [9.17, 15) is 14.7 Å². The summed E-state index contributed by atoms with van der Waals surface area (Å²) in [6.07, 6.45) is 0. The van der Waals surface area contributed by atoms with Crippen molar-refractivity contribution >= 4 is 23.5 Å². The van der Waals surface area contributed by atoms with Gasteiger partial charge in [-0.3, -0.25) is 4.79 Å². The third-order valence-electron chi connectivity index (χ3n) is 3.18. The molecule has 2 N–H and O–H groups in total. The summed E-state index contributed by atoms with van der Waals surface area (Å²) in [6, 6.07) is 8.32. The van der Waals surface area contributed by atoms with Crippen LogP contribution in [0.3, 0.4) is 0 Å². The lowest BCUT2D eigenvalue weighted by Gasteiger charge is -2.24. The Labute approximate surface area is 137 Å². The maximum atomic E-state index is 12.2. The molecule has 2 aromatic rings. The van der Waals surface area contributed by atoms with E-state index >= 15 is 0 Å². The highest BCUT2D eigenvalue weighted by Gasteiger charge is 2.36. The van der Waals surface area contributed by atoms with Gasteiger partial charge in [0.1, 0.15) is 0 Å². The quantitative estimate of drug-likeness (QED) is 0.837. The molecule has 0 saturated heterocycles. The van der Waals surface area contributed by atoms with Crippen molar-refractivity contribution in [2.45, 2.75) is 12.5 Å². The van der Waals surface area contributed by atoms with Crippen LogP contribution in [0.1, 0.15) is 17.4 Å². The second-order valence-electron chi connectivity index (χ2n) is 5.08. The number of carboxylic acid groups (broad SMARTS) is 1. The van der Waals surface area contributed by atoms with Crippen LogP contribution < -0.4 is 5.32 Å². The second-order valence-corrected chi connectivity index (χ2v) is 5.49. The van der Waals surface area contributed by atoms with Crippen LogP contribution >= 0.6 is 11.6 Å².